The average Bonchev–Trinajstić information content (AvgIpc) is 2.73. The van der Waals surface area contributed by atoms with Gasteiger partial charge in [0.05, 0.1) is 25.6 Å². The molecule has 1 amide bonds. The standard InChI is InChI=1S/C26H46NO2P/c1-8-12-15-18-30(16-13-9-2,17-14-10-3)24(11-4)26(28)27-25-21(5)19-23(29-7)20-22(25)6/h19-20,24H,8-18H2,1-7H3/p+1. The number of carbonyl (C=O) groups excluding carboxylic acids is 1. The van der Waals surface area contributed by atoms with Crippen molar-refractivity contribution >= 4 is 18.9 Å². The Kier molecular flexibility index (Phi) is 12.6. The van der Waals surface area contributed by atoms with Crippen LogP contribution in [0, 0.1) is 13.8 Å². The molecule has 0 aliphatic heterocycles. The topological polar surface area (TPSA) is 38.3 Å². The average molecular weight is 437 g/mol. The molecule has 1 atom stereocenters. The number of benzene rings is 1. The zero-order valence-electron chi connectivity index (χ0n) is 20.8. The fourth-order valence-electron chi connectivity index (χ4n) is 4.69. The minimum absolute atomic E-state index is 0.174. The third-order valence-electron chi connectivity index (χ3n) is 6.46. The van der Waals surface area contributed by atoms with Gasteiger partial charge in [-0.15, -0.1) is 0 Å². The van der Waals surface area contributed by atoms with E-state index in [2.05, 4.69) is 46.9 Å². The lowest BCUT2D eigenvalue weighted by molar-refractivity contribution is -0.115. The normalized spacial score (nSPS) is 12.6. The Bertz CT molecular complexity index is 613. The molecule has 4 heteroatoms. The van der Waals surface area contributed by atoms with Crippen molar-refractivity contribution in [3.63, 3.8) is 0 Å². The number of hydrogen-bond donors (Lipinski definition) is 1. The van der Waals surface area contributed by atoms with Crippen LogP contribution >= 0.6 is 7.26 Å². The van der Waals surface area contributed by atoms with Gasteiger partial charge in [-0.1, -0.05) is 53.4 Å². The number of ether oxygens (including phenoxy) is 1. The Morgan fingerprint density at radius 2 is 1.40 bits per heavy atom. The number of anilines is 1. The van der Waals surface area contributed by atoms with E-state index in [0.717, 1.165) is 29.0 Å². The van der Waals surface area contributed by atoms with E-state index >= 15 is 0 Å². The van der Waals surface area contributed by atoms with Gasteiger partial charge in [-0.2, -0.15) is 0 Å². The quantitative estimate of drug-likeness (QED) is 0.225. The molecular formula is C26H47NO2P+. The largest absolute Gasteiger partial charge is 0.497 e. The molecule has 0 saturated heterocycles. The van der Waals surface area contributed by atoms with E-state index in [-0.39, 0.29) is 11.6 Å². The number of rotatable bonds is 15. The van der Waals surface area contributed by atoms with Gasteiger partial charge < -0.3 is 10.1 Å². The summed E-state index contributed by atoms with van der Waals surface area (Å²) in [7, 11) is 0.346. The molecule has 1 unspecified atom stereocenters. The molecule has 0 bridgehead atoms. The maximum atomic E-state index is 13.7. The number of amides is 1. The number of methoxy groups -OCH3 is 1. The molecule has 0 saturated carbocycles. The molecule has 30 heavy (non-hydrogen) atoms. The number of nitrogens with one attached hydrogen (secondary N) is 1. The van der Waals surface area contributed by atoms with Gasteiger partial charge in [-0.05, 0) is 62.8 Å². The molecule has 0 spiro atoms. The molecule has 0 aliphatic rings. The van der Waals surface area contributed by atoms with Crippen molar-refractivity contribution in [2.75, 3.05) is 30.9 Å². The first-order chi connectivity index (χ1) is 14.4. The molecule has 1 N–H and O–H groups in total. The molecule has 3 nitrogen and oxygen atoms in total. The number of aryl methyl sites for hydroxylation is 2. The third kappa shape index (κ3) is 7.56. The minimum atomic E-state index is -1.34. The van der Waals surface area contributed by atoms with E-state index in [1.165, 1.54) is 63.4 Å². The van der Waals surface area contributed by atoms with Gasteiger partial charge in [0.1, 0.15) is 11.4 Å². The summed E-state index contributed by atoms with van der Waals surface area (Å²) < 4.78 is 5.39. The van der Waals surface area contributed by atoms with Crippen LogP contribution in [-0.4, -0.2) is 37.2 Å². The monoisotopic (exact) mass is 436 g/mol. The molecule has 0 heterocycles. The summed E-state index contributed by atoms with van der Waals surface area (Å²) in [4.78, 5) is 13.7. The van der Waals surface area contributed by atoms with Crippen molar-refractivity contribution in [3.05, 3.63) is 23.3 Å². The fraction of sp³-hybridized carbons (Fsp3) is 0.731. The van der Waals surface area contributed by atoms with Crippen molar-refractivity contribution in [1.29, 1.82) is 0 Å². The second-order valence-electron chi connectivity index (χ2n) is 8.85. The zero-order valence-corrected chi connectivity index (χ0v) is 21.7. The Morgan fingerprint density at radius 1 is 0.900 bits per heavy atom. The van der Waals surface area contributed by atoms with Crippen LogP contribution in [-0.2, 0) is 4.79 Å². The molecule has 0 fully saturated rings. The van der Waals surface area contributed by atoms with Crippen molar-refractivity contribution in [1.82, 2.24) is 0 Å². The van der Waals surface area contributed by atoms with Gasteiger partial charge in [-0.25, -0.2) is 0 Å². The maximum Gasteiger partial charge on any atom is 0.265 e. The smallest absolute Gasteiger partial charge is 0.265 e. The highest BCUT2D eigenvalue weighted by Gasteiger charge is 2.47. The van der Waals surface area contributed by atoms with Crippen molar-refractivity contribution in [2.24, 2.45) is 0 Å². The van der Waals surface area contributed by atoms with Crippen molar-refractivity contribution in [2.45, 2.75) is 98.6 Å². The van der Waals surface area contributed by atoms with Gasteiger partial charge in [-0.3, -0.25) is 4.79 Å². The number of carbonyl (C=O) groups is 1. The Labute approximate surface area is 187 Å². The molecule has 1 aromatic rings. The van der Waals surface area contributed by atoms with Crippen LogP contribution in [0.5, 0.6) is 5.75 Å². The van der Waals surface area contributed by atoms with Crippen LogP contribution in [0.4, 0.5) is 5.69 Å². The van der Waals surface area contributed by atoms with E-state index in [9.17, 15) is 4.79 Å². The summed E-state index contributed by atoms with van der Waals surface area (Å²) in [6.45, 7) is 13.2. The zero-order chi connectivity index (χ0) is 22.6. The molecule has 1 rings (SSSR count). The van der Waals surface area contributed by atoms with Gasteiger partial charge in [0, 0.05) is 12.9 Å². The predicted octanol–water partition coefficient (Wildman–Crippen LogP) is 7.84. The molecule has 0 aliphatic carbocycles. The second-order valence-corrected chi connectivity index (χ2v) is 13.3. The highest BCUT2D eigenvalue weighted by molar-refractivity contribution is 7.77. The van der Waals surface area contributed by atoms with Crippen LogP contribution in [0.15, 0.2) is 12.1 Å². The van der Waals surface area contributed by atoms with Crippen molar-refractivity contribution in [3.8, 4) is 5.75 Å². The third-order valence-corrected chi connectivity index (χ3v) is 12.0. The van der Waals surface area contributed by atoms with Crippen LogP contribution in [0.2, 0.25) is 0 Å². The summed E-state index contributed by atoms with van der Waals surface area (Å²) in [6.07, 6.45) is 13.6. The van der Waals surface area contributed by atoms with E-state index in [4.69, 9.17) is 4.74 Å². The van der Waals surface area contributed by atoms with Crippen LogP contribution in [0.25, 0.3) is 0 Å². The lowest BCUT2D eigenvalue weighted by atomic mass is 10.1. The van der Waals surface area contributed by atoms with Crippen LogP contribution < -0.4 is 10.1 Å². The summed E-state index contributed by atoms with van der Waals surface area (Å²) in [5.74, 6) is 1.10. The van der Waals surface area contributed by atoms with Crippen molar-refractivity contribution < 1.29 is 9.53 Å². The highest BCUT2D eigenvalue weighted by Crippen LogP contribution is 2.66. The van der Waals surface area contributed by atoms with E-state index in [1.807, 2.05) is 12.1 Å². The lowest BCUT2D eigenvalue weighted by Gasteiger charge is -2.34. The minimum Gasteiger partial charge on any atom is -0.497 e. The van der Waals surface area contributed by atoms with E-state index in [1.54, 1.807) is 7.11 Å². The molecular weight excluding hydrogens is 389 g/mol. The van der Waals surface area contributed by atoms with Crippen LogP contribution in [0.1, 0.15) is 90.2 Å². The first-order valence-corrected chi connectivity index (χ1v) is 14.6. The SMILES string of the molecule is CCCCC[P+](CCCC)(CCCC)C(CC)C(=O)Nc1c(C)cc(OC)cc1C. The van der Waals surface area contributed by atoms with Gasteiger partial charge in [0.25, 0.3) is 5.91 Å². The van der Waals surface area contributed by atoms with E-state index < -0.39 is 7.26 Å². The summed E-state index contributed by atoms with van der Waals surface area (Å²) >= 11 is 0. The molecule has 0 aromatic heterocycles. The van der Waals surface area contributed by atoms with Gasteiger partial charge in [0.15, 0.2) is 0 Å². The molecule has 1 aromatic carbocycles. The van der Waals surface area contributed by atoms with Gasteiger partial charge in [0.2, 0.25) is 0 Å². The highest BCUT2D eigenvalue weighted by atomic mass is 31.2. The van der Waals surface area contributed by atoms with E-state index in [0.29, 0.717) is 0 Å². The Balaban J connectivity index is 3.22. The number of hydrogen-bond acceptors (Lipinski definition) is 2. The summed E-state index contributed by atoms with van der Waals surface area (Å²) in [5, 5.41) is 3.36. The first kappa shape index (κ1) is 27.0. The Morgan fingerprint density at radius 3 is 1.83 bits per heavy atom. The maximum absolute atomic E-state index is 13.7. The first-order valence-electron chi connectivity index (χ1n) is 12.2. The second kappa shape index (κ2) is 14.1. The summed E-state index contributed by atoms with van der Waals surface area (Å²) in [6, 6.07) is 4.03. The number of unbranched alkanes of at least 4 members (excludes halogenated alkanes) is 4. The lowest BCUT2D eigenvalue weighted by Crippen LogP contribution is -2.34. The fourth-order valence-corrected chi connectivity index (χ4v) is 10.4. The molecule has 0 radical (unpaired) electrons. The Hall–Kier alpha value is -1.08. The van der Waals surface area contributed by atoms with Crippen LogP contribution in [0.3, 0.4) is 0 Å². The predicted molar refractivity (Wildman–Crippen MR) is 136 cm³/mol. The summed E-state index contributed by atoms with van der Waals surface area (Å²) in [5.41, 5.74) is 3.30. The molecule has 172 valence electrons. The van der Waals surface area contributed by atoms with Gasteiger partial charge >= 0.3 is 0 Å².